The molecule has 1 aromatic heterocycles. The maximum Gasteiger partial charge on any atom is 0.0619 e. The minimum absolute atomic E-state index is 0.0392. The lowest BCUT2D eigenvalue weighted by atomic mass is 9.48. The molecule has 1 heterocycles. The second kappa shape index (κ2) is 9.08. The van der Waals surface area contributed by atoms with Crippen LogP contribution in [0.1, 0.15) is 70.4 Å². The fraction of sp³-hybridized carbons (Fsp3) is 0.333. The summed E-state index contributed by atoms with van der Waals surface area (Å²) in [7, 11) is 0. The first kappa shape index (κ1) is 25.6. The summed E-state index contributed by atoms with van der Waals surface area (Å²) >= 11 is 0. The summed E-state index contributed by atoms with van der Waals surface area (Å²) in [5.41, 5.74) is 9.94. The van der Waals surface area contributed by atoms with Crippen molar-refractivity contribution in [2.75, 3.05) is 0 Å². The van der Waals surface area contributed by atoms with Crippen molar-refractivity contribution in [3.8, 4) is 16.8 Å². The third-order valence-corrected chi connectivity index (χ3v) is 11.5. The van der Waals surface area contributed by atoms with Crippen LogP contribution in [0.25, 0.3) is 49.4 Å². The van der Waals surface area contributed by atoms with E-state index in [9.17, 15) is 0 Å². The van der Waals surface area contributed by atoms with Crippen molar-refractivity contribution in [2.45, 2.75) is 70.1 Å². The van der Waals surface area contributed by atoms with Crippen molar-refractivity contribution in [2.24, 2.45) is 17.8 Å². The zero-order valence-electron chi connectivity index (χ0n) is 25.7. The lowest BCUT2D eigenvalue weighted by Crippen LogP contribution is -2.48. The molecule has 0 unspecified atom stereocenters. The number of hydrogen-bond acceptors (Lipinski definition) is 0. The molecular formula is C42H41N. The van der Waals surface area contributed by atoms with Gasteiger partial charge in [-0.15, -0.1) is 0 Å². The molecule has 1 nitrogen and oxygen atoms in total. The molecule has 43 heavy (non-hydrogen) atoms. The number of aromatic nitrogens is 1. The van der Waals surface area contributed by atoms with Gasteiger partial charge in [-0.2, -0.15) is 0 Å². The third-order valence-electron chi connectivity index (χ3n) is 11.5. The van der Waals surface area contributed by atoms with E-state index in [1.54, 1.807) is 5.56 Å². The van der Waals surface area contributed by atoms with Gasteiger partial charge in [-0.05, 0) is 113 Å². The van der Waals surface area contributed by atoms with Crippen molar-refractivity contribution >= 4 is 32.6 Å². The first-order valence-electron chi connectivity index (χ1n) is 16.5. The van der Waals surface area contributed by atoms with Gasteiger partial charge < -0.3 is 4.57 Å². The highest BCUT2D eigenvalue weighted by Crippen LogP contribution is 2.60. The van der Waals surface area contributed by atoms with Crippen LogP contribution in [0.4, 0.5) is 0 Å². The van der Waals surface area contributed by atoms with Gasteiger partial charge in [0.05, 0.1) is 11.0 Å². The molecule has 4 aliphatic carbocycles. The summed E-state index contributed by atoms with van der Waals surface area (Å²) in [6.45, 7) is 7.02. The minimum Gasteiger partial charge on any atom is -0.309 e. The SMILES string of the molecule is CC(C)(C)c1cccc2c1c1cccc(-c3ccc(C45CC6CC(CC(C6)C4)C5)cc3)c1n2-c1ccc2ccccc2c1. The maximum absolute atomic E-state index is 2.54. The number of nitrogens with zero attached hydrogens (tertiary/aromatic N) is 1. The zero-order chi connectivity index (χ0) is 28.9. The standard InChI is InChI=1S/C42H41N/c1-41(2,3)37-12-7-13-38-39(37)36-11-6-10-35(40(36)43(38)34-19-16-30-8-4-5-9-32(30)23-34)31-14-17-33(18-15-31)42-24-27-20-28(25-42)22-29(21-27)26-42/h4-19,23,27-29H,20-22,24-26H2,1-3H3. The average molecular weight is 560 g/mol. The Balaban J connectivity index is 1.26. The van der Waals surface area contributed by atoms with Crippen LogP contribution >= 0.6 is 0 Å². The lowest BCUT2D eigenvalue weighted by Gasteiger charge is -2.57. The van der Waals surface area contributed by atoms with Crippen LogP contribution in [0, 0.1) is 17.8 Å². The quantitative estimate of drug-likeness (QED) is 0.203. The Morgan fingerprint density at radius 2 is 1.33 bits per heavy atom. The Morgan fingerprint density at radius 3 is 2.02 bits per heavy atom. The van der Waals surface area contributed by atoms with Crippen LogP contribution < -0.4 is 0 Å². The van der Waals surface area contributed by atoms with Crippen molar-refractivity contribution in [1.82, 2.24) is 4.57 Å². The number of hydrogen-bond donors (Lipinski definition) is 0. The van der Waals surface area contributed by atoms with Gasteiger partial charge >= 0.3 is 0 Å². The van der Waals surface area contributed by atoms with Crippen LogP contribution in [0.3, 0.4) is 0 Å². The van der Waals surface area contributed by atoms with E-state index in [-0.39, 0.29) is 5.41 Å². The molecule has 0 spiro atoms. The van der Waals surface area contributed by atoms with E-state index in [4.69, 9.17) is 0 Å². The van der Waals surface area contributed by atoms with Gasteiger partial charge in [0.1, 0.15) is 0 Å². The molecule has 0 N–H and O–H groups in total. The number of para-hydroxylation sites is 1. The highest BCUT2D eigenvalue weighted by atomic mass is 15.0. The Hall–Kier alpha value is -3.84. The lowest BCUT2D eigenvalue weighted by molar-refractivity contribution is -0.00518. The van der Waals surface area contributed by atoms with Crippen LogP contribution in [0.15, 0.2) is 103 Å². The summed E-state index contributed by atoms with van der Waals surface area (Å²) in [5.74, 6) is 2.90. The van der Waals surface area contributed by atoms with Crippen molar-refractivity contribution in [1.29, 1.82) is 0 Å². The zero-order valence-corrected chi connectivity index (χ0v) is 25.7. The number of benzene rings is 5. The highest BCUT2D eigenvalue weighted by molar-refractivity contribution is 6.15. The average Bonchev–Trinajstić information content (AvgIpc) is 3.34. The van der Waals surface area contributed by atoms with E-state index < -0.39 is 0 Å². The van der Waals surface area contributed by atoms with Gasteiger partial charge in [0.2, 0.25) is 0 Å². The first-order chi connectivity index (χ1) is 20.9. The van der Waals surface area contributed by atoms with Crippen molar-refractivity contribution in [3.63, 3.8) is 0 Å². The van der Waals surface area contributed by atoms with E-state index in [0.29, 0.717) is 5.41 Å². The Kier molecular flexibility index (Phi) is 5.42. The molecule has 6 aromatic rings. The normalized spacial score (nSPS) is 24.9. The maximum atomic E-state index is 2.54. The van der Waals surface area contributed by atoms with E-state index in [1.807, 2.05) is 0 Å². The molecule has 0 amide bonds. The minimum atomic E-state index is 0.0392. The molecular weight excluding hydrogens is 518 g/mol. The number of rotatable bonds is 3. The molecule has 4 bridgehead atoms. The largest absolute Gasteiger partial charge is 0.309 e. The second-order valence-electron chi connectivity index (χ2n) is 15.3. The van der Waals surface area contributed by atoms with E-state index in [0.717, 1.165) is 17.8 Å². The smallest absolute Gasteiger partial charge is 0.0619 e. The molecule has 10 rings (SSSR count). The van der Waals surface area contributed by atoms with Crippen LogP contribution in [-0.2, 0) is 10.8 Å². The van der Waals surface area contributed by atoms with Gasteiger partial charge in [-0.3, -0.25) is 0 Å². The van der Waals surface area contributed by atoms with E-state index >= 15 is 0 Å². The molecule has 0 radical (unpaired) electrons. The topological polar surface area (TPSA) is 4.93 Å². The number of fused-ring (bicyclic) bond motifs is 4. The predicted molar refractivity (Wildman–Crippen MR) is 182 cm³/mol. The van der Waals surface area contributed by atoms with E-state index in [1.165, 1.54) is 93.5 Å². The van der Waals surface area contributed by atoms with Gasteiger partial charge in [-0.1, -0.05) is 106 Å². The Labute approximate surface area is 255 Å². The fourth-order valence-corrected chi connectivity index (χ4v) is 10.0. The molecule has 0 atom stereocenters. The summed E-state index contributed by atoms with van der Waals surface area (Å²) in [6, 6.07) is 39.4. The van der Waals surface area contributed by atoms with Crippen molar-refractivity contribution in [3.05, 3.63) is 114 Å². The van der Waals surface area contributed by atoms with Gasteiger partial charge in [0.15, 0.2) is 0 Å². The van der Waals surface area contributed by atoms with Crippen LogP contribution in [0.2, 0.25) is 0 Å². The van der Waals surface area contributed by atoms with E-state index in [2.05, 4.69) is 128 Å². The Morgan fingerprint density at radius 1 is 0.651 bits per heavy atom. The summed E-state index contributed by atoms with van der Waals surface area (Å²) in [4.78, 5) is 0. The van der Waals surface area contributed by atoms with Crippen molar-refractivity contribution < 1.29 is 0 Å². The van der Waals surface area contributed by atoms with Crippen LogP contribution in [-0.4, -0.2) is 4.57 Å². The molecule has 4 saturated carbocycles. The van der Waals surface area contributed by atoms with Gasteiger partial charge in [0, 0.05) is 22.0 Å². The van der Waals surface area contributed by atoms with Gasteiger partial charge in [0.25, 0.3) is 0 Å². The Bertz CT molecular complexity index is 1990. The molecule has 5 aromatic carbocycles. The fourth-order valence-electron chi connectivity index (χ4n) is 10.0. The monoisotopic (exact) mass is 559 g/mol. The third kappa shape index (κ3) is 3.90. The molecule has 214 valence electrons. The predicted octanol–water partition coefficient (Wildman–Crippen LogP) is 11.4. The summed E-state index contributed by atoms with van der Waals surface area (Å²) in [6.07, 6.45) is 8.73. The van der Waals surface area contributed by atoms with Crippen LogP contribution in [0.5, 0.6) is 0 Å². The molecule has 0 saturated heterocycles. The highest BCUT2D eigenvalue weighted by Gasteiger charge is 2.51. The summed E-state index contributed by atoms with van der Waals surface area (Å²) < 4.78 is 2.54. The molecule has 4 fully saturated rings. The molecule has 1 heteroatoms. The second-order valence-corrected chi connectivity index (χ2v) is 15.3. The van der Waals surface area contributed by atoms with Gasteiger partial charge in [-0.25, -0.2) is 0 Å². The summed E-state index contributed by atoms with van der Waals surface area (Å²) in [5, 5.41) is 5.28. The molecule has 4 aliphatic rings. The molecule has 0 aliphatic heterocycles. The first-order valence-corrected chi connectivity index (χ1v) is 16.5.